The van der Waals surface area contributed by atoms with Gasteiger partial charge in [0.1, 0.15) is 5.75 Å². The van der Waals surface area contributed by atoms with E-state index in [0.717, 1.165) is 5.75 Å². The van der Waals surface area contributed by atoms with Gasteiger partial charge in [-0.25, -0.2) is 0 Å². The summed E-state index contributed by atoms with van der Waals surface area (Å²) in [5.74, 6) is 1.26. The van der Waals surface area contributed by atoms with E-state index in [2.05, 4.69) is 25.7 Å². The van der Waals surface area contributed by atoms with E-state index < -0.39 is 0 Å². The average molecular weight is 253 g/mol. The first kappa shape index (κ1) is 13.1. The first-order valence-electron chi connectivity index (χ1n) is 6.23. The van der Waals surface area contributed by atoms with Crippen molar-refractivity contribution in [2.24, 2.45) is 0 Å². The average Bonchev–Trinajstić information content (AvgIpc) is 2.39. The predicted molar refractivity (Wildman–Crippen MR) is 76.4 cm³/mol. The molecule has 0 amide bonds. The number of ether oxygens (including phenoxy) is 1. The molecule has 0 atom stereocenters. The van der Waals surface area contributed by atoms with Gasteiger partial charge in [-0.15, -0.1) is 0 Å². The Morgan fingerprint density at radius 3 is 2.16 bits per heavy atom. The van der Waals surface area contributed by atoms with Gasteiger partial charge in [-0.2, -0.15) is 0 Å². The summed E-state index contributed by atoms with van der Waals surface area (Å²) in [5.41, 5.74) is 1.79. The van der Waals surface area contributed by atoms with Gasteiger partial charge in [-0.3, -0.25) is 0 Å². The summed E-state index contributed by atoms with van der Waals surface area (Å²) in [6, 6.07) is 15.1. The van der Waals surface area contributed by atoms with Crippen LogP contribution in [0.1, 0.15) is 26.3 Å². The summed E-state index contributed by atoms with van der Waals surface area (Å²) in [6.07, 6.45) is 0. The van der Waals surface area contributed by atoms with Crippen molar-refractivity contribution >= 4 is 5.69 Å². The molecule has 0 bridgehead atoms. The monoisotopic (exact) mass is 253 g/mol. The zero-order valence-corrected chi connectivity index (χ0v) is 11.4. The molecule has 2 aromatic carbocycles. The smallest absolute Gasteiger partial charge is 0.426 e. The minimum Gasteiger partial charge on any atom is -0.449 e. The lowest BCUT2D eigenvalue weighted by molar-refractivity contribution is 0.484. The highest BCUT2D eigenvalue weighted by molar-refractivity contribution is 5.57. The van der Waals surface area contributed by atoms with Gasteiger partial charge in [0, 0.05) is 6.07 Å². The second-order valence-electron chi connectivity index (χ2n) is 5.44. The van der Waals surface area contributed by atoms with Gasteiger partial charge in [0.05, 0.1) is 0 Å². The molecule has 0 radical (unpaired) electrons. The molecule has 96 valence electrons. The Bertz CT molecular complexity index is 604. The maximum absolute atomic E-state index is 8.89. The fourth-order valence-electron chi connectivity index (χ4n) is 1.78. The quantitative estimate of drug-likeness (QED) is 0.684. The number of hydrogen-bond acceptors (Lipinski definition) is 2. The van der Waals surface area contributed by atoms with Gasteiger partial charge >= 0.3 is 5.69 Å². The van der Waals surface area contributed by atoms with Gasteiger partial charge in [0.15, 0.2) is 4.98 Å². The number of diazo groups is 1. The summed E-state index contributed by atoms with van der Waals surface area (Å²) >= 11 is 0. The number of nitrogens with zero attached hydrogens (tertiary/aromatic N) is 2. The van der Waals surface area contributed by atoms with Gasteiger partial charge < -0.3 is 4.74 Å². The summed E-state index contributed by atoms with van der Waals surface area (Å²) in [4.78, 5) is 3.20. The van der Waals surface area contributed by atoms with E-state index in [9.17, 15) is 0 Å². The molecule has 3 nitrogen and oxygen atoms in total. The molecule has 0 saturated heterocycles. The summed E-state index contributed by atoms with van der Waals surface area (Å²) < 4.78 is 5.71. The minimum atomic E-state index is 0.122. The van der Waals surface area contributed by atoms with E-state index in [1.165, 1.54) is 5.56 Å². The van der Waals surface area contributed by atoms with E-state index in [0.29, 0.717) is 11.4 Å². The van der Waals surface area contributed by atoms with Crippen LogP contribution < -0.4 is 4.74 Å². The minimum absolute atomic E-state index is 0.122. The lowest BCUT2D eigenvalue weighted by atomic mass is 9.87. The van der Waals surface area contributed by atoms with Crippen LogP contribution in [-0.2, 0) is 5.41 Å². The molecular weight excluding hydrogens is 236 g/mol. The third kappa shape index (κ3) is 3.11. The summed E-state index contributed by atoms with van der Waals surface area (Å²) in [5, 5.41) is 8.89. The molecule has 3 heteroatoms. The molecule has 0 aromatic heterocycles. The molecule has 0 N–H and O–H groups in total. The molecule has 0 heterocycles. The van der Waals surface area contributed by atoms with Crippen molar-refractivity contribution in [1.82, 2.24) is 0 Å². The van der Waals surface area contributed by atoms with Crippen molar-refractivity contribution in [2.75, 3.05) is 0 Å². The molecule has 0 saturated carbocycles. The summed E-state index contributed by atoms with van der Waals surface area (Å²) in [6.45, 7) is 6.51. The van der Waals surface area contributed by atoms with Crippen LogP contribution in [0.15, 0.2) is 48.5 Å². The summed E-state index contributed by atoms with van der Waals surface area (Å²) in [7, 11) is 0. The highest BCUT2D eigenvalue weighted by Gasteiger charge is 2.16. The molecule has 0 unspecified atom stereocenters. The third-order valence-electron chi connectivity index (χ3n) is 2.92. The van der Waals surface area contributed by atoms with Crippen LogP contribution in [0, 0.1) is 5.39 Å². The van der Waals surface area contributed by atoms with E-state index in [-0.39, 0.29) is 5.41 Å². The van der Waals surface area contributed by atoms with Crippen molar-refractivity contribution in [3.8, 4) is 11.5 Å². The van der Waals surface area contributed by atoms with E-state index in [4.69, 9.17) is 10.1 Å². The van der Waals surface area contributed by atoms with Gasteiger partial charge in [0.25, 0.3) is 0 Å². The van der Waals surface area contributed by atoms with E-state index in [1.807, 2.05) is 30.3 Å². The topological polar surface area (TPSA) is 37.4 Å². The van der Waals surface area contributed by atoms with Crippen LogP contribution in [0.5, 0.6) is 11.5 Å². The standard InChI is InChI=1S/C16H17N2O/c1-16(2,3)12-8-10-13(11-9-12)19-15-7-5-4-6-14(15)18-17/h4-11H,1-3H3/q+1. The van der Waals surface area contributed by atoms with Gasteiger partial charge in [-0.05, 0) is 29.2 Å². The third-order valence-corrected chi connectivity index (χ3v) is 2.92. The van der Waals surface area contributed by atoms with Crippen LogP contribution in [-0.4, -0.2) is 0 Å². The normalized spacial score (nSPS) is 10.8. The Labute approximate surface area is 113 Å². The highest BCUT2D eigenvalue weighted by Crippen LogP contribution is 2.32. The van der Waals surface area contributed by atoms with E-state index in [1.54, 1.807) is 18.2 Å². The van der Waals surface area contributed by atoms with Crippen LogP contribution in [0.2, 0.25) is 0 Å². The van der Waals surface area contributed by atoms with Crippen molar-refractivity contribution in [2.45, 2.75) is 26.2 Å². The molecule has 2 rings (SSSR count). The molecule has 2 aromatic rings. The number of rotatable bonds is 2. The van der Waals surface area contributed by atoms with E-state index >= 15 is 0 Å². The maximum atomic E-state index is 8.89. The number of para-hydroxylation sites is 1. The second-order valence-corrected chi connectivity index (χ2v) is 5.44. The largest absolute Gasteiger partial charge is 0.449 e. The first-order chi connectivity index (χ1) is 9.00. The lowest BCUT2D eigenvalue weighted by Crippen LogP contribution is -2.10. The zero-order chi connectivity index (χ0) is 13.9. The predicted octanol–water partition coefficient (Wildman–Crippen LogP) is 5.26. The van der Waals surface area contributed by atoms with Crippen LogP contribution in [0.3, 0.4) is 0 Å². The Morgan fingerprint density at radius 1 is 0.947 bits per heavy atom. The number of benzene rings is 2. The highest BCUT2D eigenvalue weighted by atomic mass is 16.5. The van der Waals surface area contributed by atoms with Gasteiger partial charge in [0.2, 0.25) is 11.1 Å². The first-order valence-corrected chi connectivity index (χ1v) is 6.23. The maximum Gasteiger partial charge on any atom is 0.426 e. The molecule has 0 fully saturated rings. The fraction of sp³-hybridized carbons (Fsp3) is 0.250. The number of hydrogen-bond donors (Lipinski definition) is 0. The molecule has 19 heavy (non-hydrogen) atoms. The second kappa shape index (κ2) is 5.11. The Balaban J connectivity index is 2.23. The Morgan fingerprint density at radius 2 is 1.58 bits per heavy atom. The fourth-order valence-corrected chi connectivity index (χ4v) is 1.78. The molecule has 0 aliphatic carbocycles. The van der Waals surface area contributed by atoms with Crippen molar-refractivity contribution in [3.05, 3.63) is 59.1 Å². The Kier molecular flexibility index (Phi) is 3.52. The van der Waals surface area contributed by atoms with Crippen molar-refractivity contribution < 1.29 is 4.74 Å². The molecule has 0 aliphatic rings. The van der Waals surface area contributed by atoms with Crippen molar-refractivity contribution in [3.63, 3.8) is 0 Å². The molecule has 0 spiro atoms. The lowest BCUT2D eigenvalue weighted by Gasteiger charge is -2.19. The zero-order valence-electron chi connectivity index (χ0n) is 11.4. The molecule has 0 aliphatic heterocycles. The van der Waals surface area contributed by atoms with Crippen LogP contribution in [0.25, 0.3) is 4.98 Å². The molecular formula is C16H17N2O+. The van der Waals surface area contributed by atoms with Crippen LogP contribution >= 0.6 is 0 Å². The van der Waals surface area contributed by atoms with Gasteiger partial charge in [-0.1, -0.05) is 45.0 Å². The van der Waals surface area contributed by atoms with Crippen molar-refractivity contribution in [1.29, 1.82) is 5.39 Å². The Hall–Kier alpha value is -2.34. The SMILES string of the molecule is CC(C)(C)c1ccc(Oc2ccccc2[N+]#N)cc1. The van der Waals surface area contributed by atoms with Crippen LogP contribution in [0.4, 0.5) is 5.69 Å².